The summed E-state index contributed by atoms with van der Waals surface area (Å²) in [6, 6.07) is 0. The van der Waals surface area contributed by atoms with E-state index in [1.807, 2.05) is 13.8 Å². The van der Waals surface area contributed by atoms with Gasteiger partial charge in [0, 0.05) is 16.2 Å². The van der Waals surface area contributed by atoms with Crippen molar-refractivity contribution in [3.05, 3.63) is 11.6 Å². The fourth-order valence-corrected chi connectivity index (χ4v) is 13.8. The summed E-state index contributed by atoms with van der Waals surface area (Å²) in [5.41, 5.74) is -1.68. The van der Waals surface area contributed by atoms with Gasteiger partial charge in [0.25, 0.3) is 0 Å². The van der Waals surface area contributed by atoms with Crippen molar-refractivity contribution in [2.24, 2.45) is 50.2 Å². The Balaban J connectivity index is 1.17. The highest BCUT2D eigenvalue weighted by atomic mass is 16.8. The minimum atomic E-state index is -2.00. The van der Waals surface area contributed by atoms with E-state index >= 15 is 0 Å². The molecule has 22 unspecified atom stereocenters. The van der Waals surface area contributed by atoms with Gasteiger partial charge < -0.3 is 75.1 Å². The van der Waals surface area contributed by atoms with Gasteiger partial charge in [-0.25, -0.2) is 4.79 Å². The van der Waals surface area contributed by atoms with E-state index in [1.165, 1.54) is 5.57 Å². The molecule has 4 saturated carbocycles. The van der Waals surface area contributed by atoms with Crippen LogP contribution in [0.25, 0.3) is 0 Å². The van der Waals surface area contributed by atoms with Crippen LogP contribution in [0.1, 0.15) is 92.9 Å². The average Bonchev–Trinajstić information content (AvgIpc) is 3.18. The zero-order valence-corrected chi connectivity index (χ0v) is 34.6. The van der Waals surface area contributed by atoms with Crippen LogP contribution < -0.4 is 0 Å². The molecule has 0 aromatic carbocycles. The van der Waals surface area contributed by atoms with E-state index in [9.17, 15) is 61.0 Å². The number of carbonyl (C=O) groups is 1. The summed E-state index contributed by atoms with van der Waals surface area (Å²) in [7, 11) is 0. The number of hydrogen-bond acceptors (Lipinski definition) is 15. The number of fused-ring (bicyclic) bond motifs is 7. The van der Waals surface area contributed by atoms with Gasteiger partial charge in [-0.1, -0.05) is 53.2 Å². The summed E-state index contributed by atoms with van der Waals surface area (Å²) in [6.45, 7) is 11.7. The normalized spacial score (nSPS) is 56.9. The molecule has 332 valence electrons. The molecule has 0 amide bonds. The van der Waals surface area contributed by atoms with Crippen LogP contribution >= 0.6 is 0 Å². The second-order valence-corrected chi connectivity index (χ2v) is 20.6. The lowest BCUT2D eigenvalue weighted by Gasteiger charge is -2.72. The molecule has 0 aromatic heterocycles. The number of allylic oxidation sites excluding steroid dienone is 2. The predicted molar refractivity (Wildman–Crippen MR) is 202 cm³/mol. The van der Waals surface area contributed by atoms with Gasteiger partial charge >= 0.3 is 5.97 Å². The zero-order chi connectivity index (χ0) is 42.7. The first-order chi connectivity index (χ1) is 27.0. The molecular formula is C42H68O16. The molecule has 6 fully saturated rings. The number of carboxylic acid groups (broad SMARTS) is 1. The molecule has 2 saturated heterocycles. The summed E-state index contributed by atoms with van der Waals surface area (Å²) in [5, 5.41) is 118. The standard InChI is InChI=1S/C42H68O16/c1-37(17-44)15-20-19-7-8-23-39(3)11-10-24(40(4,18-45)22(39)9-12-42(23,6)41(19,5)14-13-38(20,2)33(52)32(37)51)56-36-31(28(49)27(48)30(57-36)34(53)54)58-35-29(50)26(47)25(46)21(16-43)55-35/h7,20-33,35-36,43-52H,8-18H2,1-6H3,(H,53,54). The van der Waals surface area contributed by atoms with Crippen molar-refractivity contribution in [1.82, 2.24) is 0 Å². The van der Waals surface area contributed by atoms with E-state index in [0.717, 1.165) is 32.1 Å². The van der Waals surface area contributed by atoms with Gasteiger partial charge in [0.15, 0.2) is 18.7 Å². The van der Waals surface area contributed by atoms with E-state index in [0.29, 0.717) is 19.3 Å². The second-order valence-electron chi connectivity index (χ2n) is 20.6. The molecule has 0 bridgehead atoms. The number of aliphatic carboxylic acids is 1. The summed E-state index contributed by atoms with van der Waals surface area (Å²) in [6.07, 6.45) is -12.5. The second kappa shape index (κ2) is 15.2. The summed E-state index contributed by atoms with van der Waals surface area (Å²) < 4.78 is 23.8. The smallest absolute Gasteiger partial charge is 0.335 e. The van der Waals surface area contributed by atoms with Crippen molar-refractivity contribution < 1.29 is 79.9 Å². The van der Waals surface area contributed by atoms with Crippen molar-refractivity contribution in [3.8, 4) is 0 Å². The molecule has 22 atom stereocenters. The highest BCUT2D eigenvalue weighted by Gasteiger charge is 2.70. The van der Waals surface area contributed by atoms with Crippen molar-refractivity contribution in [1.29, 1.82) is 0 Å². The Hall–Kier alpha value is -1.35. The maximum Gasteiger partial charge on any atom is 0.335 e. The van der Waals surface area contributed by atoms with Gasteiger partial charge in [0.2, 0.25) is 0 Å². The molecule has 0 radical (unpaired) electrons. The minimum absolute atomic E-state index is 0.0194. The fourth-order valence-electron chi connectivity index (χ4n) is 13.8. The van der Waals surface area contributed by atoms with Crippen molar-refractivity contribution in [3.63, 3.8) is 0 Å². The number of hydrogen-bond donors (Lipinski definition) is 11. The molecule has 5 aliphatic carbocycles. The summed E-state index contributed by atoms with van der Waals surface area (Å²) in [5.74, 6) is -1.49. The molecule has 2 heterocycles. The molecule has 7 aliphatic rings. The topological polar surface area (TPSA) is 277 Å². The number of aliphatic hydroxyl groups is 10. The Bertz CT molecular complexity index is 1580. The quantitative estimate of drug-likeness (QED) is 0.112. The molecular weight excluding hydrogens is 760 g/mol. The van der Waals surface area contributed by atoms with Crippen LogP contribution in [0.15, 0.2) is 11.6 Å². The molecule has 2 aliphatic heterocycles. The number of aliphatic hydroxyl groups excluding tert-OH is 10. The van der Waals surface area contributed by atoms with Gasteiger partial charge in [-0.05, 0) is 85.4 Å². The molecule has 0 spiro atoms. The predicted octanol–water partition coefficient (Wildman–Crippen LogP) is -0.204. The SMILES string of the molecule is CC1(CO)CC2C3=CCC4C5(C)CCC(OC6OC(C(=O)O)C(O)C(O)C6OC6OC(CO)C(O)C(O)C6O)C(C)(CO)C5CCC4(C)C3(C)CCC2(C)C(O)C1O. The van der Waals surface area contributed by atoms with Crippen molar-refractivity contribution in [2.45, 2.75) is 173 Å². The highest BCUT2D eigenvalue weighted by molar-refractivity contribution is 5.73. The third kappa shape index (κ3) is 6.25. The van der Waals surface area contributed by atoms with Gasteiger partial charge in [0.1, 0.15) is 42.7 Å². The first kappa shape index (κ1) is 44.7. The van der Waals surface area contributed by atoms with E-state index in [-0.39, 0.29) is 47.2 Å². The van der Waals surface area contributed by atoms with Crippen LogP contribution in [-0.4, -0.2) is 162 Å². The highest BCUT2D eigenvalue weighted by Crippen LogP contribution is 2.76. The molecule has 11 N–H and O–H groups in total. The molecule has 7 rings (SSSR count). The van der Waals surface area contributed by atoms with Crippen LogP contribution in [0.5, 0.6) is 0 Å². The van der Waals surface area contributed by atoms with Crippen LogP contribution in [0.2, 0.25) is 0 Å². The van der Waals surface area contributed by atoms with Crippen LogP contribution in [0.4, 0.5) is 0 Å². The van der Waals surface area contributed by atoms with E-state index in [2.05, 4.69) is 33.8 Å². The monoisotopic (exact) mass is 828 g/mol. The summed E-state index contributed by atoms with van der Waals surface area (Å²) >= 11 is 0. The van der Waals surface area contributed by atoms with Gasteiger partial charge in [-0.3, -0.25) is 0 Å². The van der Waals surface area contributed by atoms with Crippen molar-refractivity contribution in [2.75, 3.05) is 19.8 Å². The zero-order valence-electron chi connectivity index (χ0n) is 34.6. The van der Waals surface area contributed by atoms with Gasteiger partial charge in [-0.2, -0.15) is 0 Å². The fraction of sp³-hybridized carbons (Fsp3) is 0.929. The Morgan fingerprint density at radius 2 is 1.41 bits per heavy atom. The van der Waals surface area contributed by atoms with Crippen LogP contribution in [0, 0.1) is 50.2 Å². The Kier molecular flexibility index (Phi) is 11.7. The lowest BCUT2D eigenvalue weighted by atomic mass is 9.33. The number of carboxylic acids is 1. The molecule has 16 heteroatoms. The maximum atomic E-state index is 12.2. The van der Waals surface area contributed by atoms with Crippen LogP contribution in [0.3, 0.4) is 0 Å². The third-order valence-electron chi connectivity index (χ3n) is 17.9. The first-order valence-corrected chi connectivity index (χ1v) is 21.2. The molecule has 58 heavy (non-hydrogen) atoms. The number of rotatable bonds is 8. The minimum Gasteiger partial charge on any atom is -0.479 e. The molecule has 0 aromatic rings. The lowest BCUT2D eigenvalue weighted by molar-refractivity contribution is -0.375. The number of ether oxygens (including phenoxy) is 4. The Labute approximate surface area is 339 Å². The van der Waals surface area contributed by atoms with Crippen molar-refractivity contribution >= 4 is 5.97 Å². The van der Waals surface area contributed by atoms with Gasteiger partial charge in [0.05, 0.1) is 38.1 Å². The Morgan fingerprint density at radius 3 is 2.03 bits per heavy atom. The van der Waals surface area contributed by atoms with E-state index in [4.69, 9.17) is 18.9 Å². The molecule has 16 nitrogen and oxygen atoms in total. The first-order valence-electron chi connectivity index (χ1n) is 21.2. The van der Waals surface area contributed by atoms with Gasteiger partial charge in [-0.15, -0.1) is 0 Å². The Morgan fingerprint density at radius 1 is 0.724 bits per heavy atom. The largest absolute Gasteiger partial charge is 0.479 e. The maximum absolute atomic E-state index is 12.2. The summed E-state index contributed by atoms with van der Waals surface area (Å²) in [4.78, 5) is 12.2. The third-order valence-corrected chi connectivity index (χ3v) is 17.9. The van der Waals surface area contributed by atoms with E-state index in [1.54, 1.807) is 0 Å². The lowest BCUT2D eigenvalue weighted by Crippen LogP contribution is -2.68. The van der Waals surface area contributed by atoms with Crippen LogP contribution in [-0.2, 0) is 23.7 Å². The average molecular weight is 829 g/mol. The van der Waals surface area contributed by atoms with E-state index < -0.39 is 109 Å².